The Balaban J connectivity index is 1.50. The standard InChI is InChI=1S/C20H20BrN3O/c1-14-5-4-6-15(13-14)23-9-11-24(12-10-23)20(25)19-18(21)16-7-2-3-8-17(16)22-19/h2-8,13,22H,9-12H2,1H3. The second-order valence-electron chi connectivity index (χ2n) is 6.48. The molecule has 25 heavy (non-hydrogen) atoms. The first-order valence-electron chi connectivity index (χ1n) is 8.50. The highest BCUT2D eigenvalue weighted by Gasteiger charge is 2.25. The van der Waals surface area contributed by atoms with E-state index in [-0.39, 0.29) is 5.91 Å². The van der Waals surface area contributed by atoms with E-state index in [4.69, 9.17) is 0 Å². The minimum atomic E-state index is 0.0620. The van der Waals surface area contributed by atoms with Gasteiger partial charge in [-0.3, -0.25) is 4.79 Å². The lowest BCUT2D eigenvalue weighted by molar-refractivity contribution is 0.0741. The summed E-state index contributed by atoms with van der Waals surface area (Å²) in [6.07, 6.45) is 0. The molecule has 0 bridgehead atoms. The third-order valence-corrected chi connectivity index (χ3v) is 5.61. The second kappa shape index (κ2) is 6.56. The highest BCUT2D eigenvalue weighted by atomic mass is 79.9. The van der Waals surface area contributed by atoms with Gasteiger partial charge in [0.25, 0.3) is 5.91 Å². The maximum Gasteiger partial charge on any atom is 0.271 e. The summed E-state index contributed by atoms with van der Waals surface area (Å²) in [6.45, 7) is 5.28. The number of para-hydroxylation sites is 1. The van der Waals surface area contributed by atoms with Crippen molar-refractivity contribution in [2.24, 2.45) is 0 Å². The van der Waals surface area contributed by atoms with Gasteiger partial charge in [0.15, 0.2) is 0 Å². The molecule has 1 aromatic heterocycles. The number of H-pyrrole nitrogens is 1. The number of amides is 1. The largest absolute Gasteiger partial charge is 0.368 e. The molecular formula is C20H20BrN3O. The van der Waals surface area contributed by atoms with Crippen LogP contribution in [-0.2, 0) is 0 Å². The van der Waals surface area contributed by atoms with E-state index in [0.717, 1.165) is 41.6 Å². The van der Waals surface area contributed by atoms with Crippen LogP contribution in [0.25, 0.3) is 10.9 Å². The fourth-order valence-electron chi connectivity index (χ4n) is 3.41. The Kier molecular flexibility index (Phi) is 4.25. The van der Waals surface area contributed by atoms with Crippen molar-refractivity contribution >= 4 is 38.4 Å². The smallest absolute Gasteiger partial charge is 0.271 e. The molecule has 0 saturated carbocycles. The van der Waals surface area contributed by atoms with E-state index in [2.05, 4.69) is 57.0 Å². The third-order valence-electron chi connectivity index (χ3n) is 4.79. The number of nitrogens with one attached hydrogen (secondary N) is 1. The number of hydrogen-bond donors (Lipinski definition) is 1. The molecule has 0 unspecified atom stereocenters. The van der Waals surface area contributed by atoms with E-state index in [1.54, 1.807) is 0 Å². The quantitative estimate of drug-likeness (QED) is 0.703. The fraction of sp³-hybridized carbons (Fsp3) is 0.250. The summed E-state index contributed by atoms with van der Waals surface area (Å²) in [6, 6.07) is 16.5. The van der Waals surface area contributed by atoms with Crippen molar-refractivity contribution in [1.82, 2.24) is 9.88 Å². The Morgan fingerprint density at radius 3 is 2.52 bits per heavy atom. The molecule has 4 rings (SSSR count). The van der Waals surface area contributed by atoms with Crippen molar-refractivity contribution in [3.05, 3.63) is 64.3 Å². The lowest BCUT2D eigenvalue weighted by Crippen LogP contribution is -2.49. The Bertz CT molecular complexity index is 926. The number of anilines is 1. The maximum atomic E-state index is 12.9. The number of aryl methyl sites for hydroxylation is 1. The summed E-state index contributed by atoms with van der Waals surface area (Å²) < 4.78 is 0.856. The van der Waals surface area contributed by atoms with Crippen LogP contribution in [0.2, 0.25) is 0 Å². The number of halogens is 1. The van der Waals surface area contributed by atoms with Crippen molar-refractivity contribution in [3.8, 4) is 0 Å². The number of benzene rings is 2. The molecule has 1 N–H and O–H groups in total. The first-order chi connectivity index (χ1) is 12.1. The van der Waals surface area contributed by atoms with E-state index in [1.165, 1.54) is 11.3 Å². The molecule has 1 aliphatic rings. The topological polar surface area (TPSA) is 39.3 Å². The number of nitrogens with zero attached hydrogens (tertiary/aromatic N) is 2. The van der Waals surface area contributed by atoms with Gasteiger partial charge in [0.1, 0.15) is 5.69 Å². The number of carbonyl (C=O) groups excluding carboxylic acids is 1. The lowest BCUT2D eigenvalue weighted by Gasteiger charge is -2.36. The van der Waals surface area contributed by atoms with Crippen LogP contribution >= 0.6 is 15.9 Å². The molecule has 0 aliphatic carbocycles. The molecule has 1 saturated heterocycles. The summed E-state index contributed by atoms with van der Waals surface area (Å²) in [5, 5.41) is 1.05. The van der Waals surface area contributed by atoms with Gasteiger partial charge < -0.3 is 14.8 Å². The summed E-state index contributed by atoms with van der Waals surface area (Å²) in [5.74, 6) is 0.0620. The fourth-order valence-corrected chi connectivity index (χ4v) is 4.02. The van der Waals surface area contributed by atoms with Crippen LogP contribution in [-0.4, -0.2) is 42.0 Å². The predicted molar refractivity (Wildman–Crippen MR) is 105 cm³/mol. The van der Waals surface area contributed by atoms with Crippen LogP contribution < -0.4 is 4.90 Å². The molecule has 128 valence electrons. The number of aromatic nitrogens is 1. The SMILES string of the molecule is Cc1cccc(N2CCN(C(=O)c3[nH]c4ccccc4c3Br)CC2)c1. The van der Waals surface area contributed by atoms with Gasteiger partial charge in [-0.15, -0.1) is 0 Å². The molecule has 5 heteroatoms. The van der Waals surface area contributed by atoms with Gasteiger partial charge in [-0.1, -0.05) is 30.3 Å². The maximum absolute atomic E-state index is 12.9. The van der Waals surface area contributed by atoms with Gasteiger partial charge in [0, 0.05) is 42.8 Å². The Hall–Kier alpha value is -2.27. The van der Waals surface area contributed by atoms with Crippen molar-refractivity contribution < 1.29 is 4.79 Å². The zero-order valence-electron chi connectivity index (χ0n) is 14.1. The average molecular weight is 398 g/mol. The van der Waals surface area contributed by atoms with E-state index in [0.29, 0.717) is 5.69 Å². The molecule has 4 nitrogen and oxygen atoms in total. The van der Waals surface area contributed by atoms with Crippen molar-refractivity contribution in [1.29, 1.82) is 0 Å². The molecule has 0 spiro atoms. The number of carbonyl (C=O) groups is 1. The van der Waals surface area contributed by atoms with Crippen LogP contribution in [0.5, 0.6) is 0 Å². The second-order valence-corrected chi connectivity index (χ2v) is 7.27. The number of piperazine rings is 1. The normalized spacial score (nSPS) is 15.0. The average Bonchev–Trinajstić information content (AvgIpc) is 2.98. The highest BCUT2D eigenvalue weighted by Crippen LogP contribution is 2.29. The molecule has 1 amide bonds. The first kappa shape index (κ1) is 16.2. The van der Waals surface area contributed by atoms with Crippen LogP contribution in [0.4, 0.5) is 5.69 Å². The molecule has 1 fully saturated rings. The summed E-state index contributed by atoms with van der Waals surface area (Å²) in [4.78, 5) is 20.5. The van der Waals surface area contributed by atoms with Gasteiger partial charge in [-0.2, -0.15) is 0 Å². The van der Waals surface area contributed by atoms with E-state index >= 15 is 0 Å². The monoisotopic (exact) mass is 397 g/mol. The highest BCUT2D eigenvalue weighted by molar-refractivity contribution is 9.10. The van der Waals surface area contributed by atoms with Gasteiger partial charge in [0.05, 0.1) is 4.47 Å². The summed E-state index contributed by atoms with van der Waals surface area (Å²) in [7, 11) is 0. The third kappa shape index (κ3) is 3.04. The Morgan fingerprint density at radius 2 is 1.80 bits per heavy atom. The van der Waals surface area contributed by atoms with Crippen molar-refractivity contribution in [2.75, 3.05) is 31.1 Å². The molecule has 2 heterocycles. The minimum absolute atomic E-state index is 0.0620. The van der Waals surface area contributed by atoms with Gasteiger partial charge in [0.2, 0.25) is 0 Å². The predicted octanol–water partition coefficient (Wildman–Crippen LogP) is 4.20. The number of hydrogen-bond acceptors (Lipinski definition) is 2. The first-order valence-corrected chi connectivity index (χ1v) is 9.30. The van der Waals surface area contributed by atoms with E-state index in [1.807, 2.05) is 29.2 Å². The molecular weight excluding hydrogens is 378 g/mol. The Labute approximate surface area is 155 Å². The number of rotatable bonds is 2. The van der Waals surface area contributed by atoms with Crippen LogP contribution in [0.15, 0.2) is 53.0 Å². The number of fused-ring (bicyclic) bond motifs is 1. The summed E-state index contributed by atoms with van der Waals surface area (Å²) >= 11 is 3.59. The number of aromatic amines is 1. The van der Waals surface area contributed by atoms with Crippen molar-refractivity contribution in [2.45, 2.75) is 6.92 Å². The lowest BCUT2D eigenvalue weighted by atomic mass is 10.2. The van der Waals surface area contributed by atoms with Gasteiger partial charge in [-0.05, 0) is 46.6 Å². The molecule has 0 atom stereocenters. The van der Waals surface area contributed by atoms with Crippen LogP contribution in [0.3, 0.4) is 0 Å². The van der Waals surface area contributed by atoms with Crippen LogP contribution in [0, 0.1) is 6.92 Å². The minimum Gasteiger partial charge on any atom is -0.368 e. The zero-order valence-corrected chi connectivity index (χ0v) is 15.7. The Morgan fingerprint density at radius 1 is 1.04 bits per heavy atom. The molecule has 2 aromatic carbocycles. The van der Waals surface area contributed by atoms with E-state index < -0.39 is 0 Å². The van der Waals surface area contributed by atoms with Gasteiger partial charge >= 0.3 is 0 Å². The van der Waals surface area contributed by atoms with E-state index in [9.17, 15) is 4.79 Å². The molecule has 3 aromatic rings. The molecule has 1 aliphatic heterocycles. The zero-order chi connectivity index (χ0) is 17.4. The van der Waals surface area contributed by atoms with Gasteiger partial charge in [-0.25, -0.2) is 0 Å². The molecule has 0 radical (unpaired) electrons. The van der Waals surface area contributed by atoms with Crippen molar-refractivity contribution in [3.63, 3.8) is 0 Å². The summed E-state index contributed by atoms with van der Waals surface area (Å²) in [5.41, 5.74) is 4.12. The van der Waals surface area contributed by atoms with Crippen LogP contribution in [0.1, 0.15) is 16.1 Å².